The van der Waals surface area contributed by atoms with Gasteiger partial charge in [0.15, 0.2) is 0 Å². The molecule has 1 fully saturated rings. The number of unbranched alkanes of at least 4 members (excludes halogenated alkanes) is 9. The van der Waals surface area contributed by atoms with Crippen molar-refractivity contribution in [3.05, 3.63) is 29.8 Å². The van der Waals surface area contributed by atoms with Crippen molar-refractivity contribution in [2.75, 3.05) is 26.8 Å². The summed E-state index contributed by atoms with van der Waals surface area (Å²) in [5.41, 5.74) is 0.374. The maximum Gasteiger partial charge on any atom is 0.308 e. The average Bonchev–Trinajstić information content (AvgIpc) is 2.83. The third-order valence-corrected chi connectivity index (χ3v) is 6.05. The number of para-hydroxylation sites is 1. The van der Waals surface area contributed by atoms with E-state index >= 15 is 0 Å². The molecular weight excluding hydrogens is 420 g/mol. The Hall–Kier alpha value is -2.57. The van der Waals surface area contributed by atoms with Crippen LogP contribution in [0.2, 0.25) is 0 Å². The maximum atomic E-state index is 13.1. The molecule has 1 heterocycles. The number of carbonyl (C=O) groups excluding carboxylic acids is 3. The van der Waals surface area contributed by atoms with Crippen LogP contribution in [0.15, 0.2) is 24.3 Å². The maximum absolute atomic E-state index is 13.1. The second-order valence-electron chi connectivity index (χ2n) is 8.61. The summed E-state index contributed by atoms with van der Waals surface area (Å²) in [5.74, 6) is -0.670. The Morgan fingerprint density at radius 2 is 1.64 bits per heavy atom. The SMILES string of the molecule is CCCCCCCCCCCCOC(=O)CC1C(=O)NCCN1C(=O)c1ccccc1OC. The number of hydrogen-bond acceptors (Lipinski definition) is 5. The molecule has 1 aromatic carbocycles. The molecule has 33 heavy (non-hydrogen) atoms. The van der Waals surface area contributed by atoms with Crippen LogP contribution in [0, 0.1) is 0 Å². The van der Waals surface area contributed by atoms with Crippen molar-refractivity contribution in [3.63, 3.8) is 0 Å². The minimum atomic E-state index is -0.878. The van der Waals surface area contributed by atoms with E-state index in [1.807, 2.05) is 0 Å². The zero-order valence-corrected chi connectivity index (χ0v) is 20.3. The Labute approximate surface area is 198 Å². The number of nitrogens with zero attached hydrogens (tertiary/aromatic N) is 1. The highest BCUT2D eigenvalue weighted by molar-refractivity contribution is 6.01. The predicted molar refractivity (Wildman–Crippen MR) is 128 cm³/mol. The number of methoxy groups -OCH3 is 1. The molecule has 1 aliphatic rings. The highest BCUT2D eigenvalue weighted by Gasteiger charge is 2.36. The first-order valence-corrected chi connectivity index (χ1v) is 12.5. The van der Waals surface area contributed by atoms with Gasteiger partial charge in [0.05, 0.1) is 25.7 Å². The lowest BCUT2D eigenvalue weighted by atomic mass is 10.1. The number of hydrogen-bond donors (Lipinski definition) is 1. The summed E-state index contributed by atoms with van der Waals surface area (Å²) in [5, 5.41) is 2.74. The molecule has 0 spiro atoms. The van der Waals surface area contributed by atoms with Gasteiger partial charge in [-0.3, -0.25) is 14.4 Å². The van der Waals surface area contributed by atoms with Crippen molar-refractivity contribution in [3.8, 4) is 5.75 Å². The molecule has 1 N–H and O–H groups in total. The highest BCUT2D eigenvalue weighted by atomic mass is 16.5. The molecule has 7 heteroatoms. The van der Waals surface area contributed by atoms with Crippen LogP contribution in [0.1, 0.15) is 87.9 Å². The molecule has 2 rings (SSSR count). The van der Waals surface area contributed by atoms with Crippen molar-refractivity contribution < 1.29 is 23.9 Å². The van der Waals surface area contributed by atoms with E-state index in [1.165, 1.54) is 57.0 Å². The molecule has 0 saturated carbocycles. The van der Waals surface area contributed by atoms with Gasteiger partial charge in [-0.1, -0.05) is 76.8 Å². The highest BCUT2D eigenvalue weighted by Crippen LogP contribution is 2.22. The zero-order valence-electron chi connectivity index (χ0n) is 20.3. The number of carbonyl (C=O) groups is 3. The van der Waals surface area contributed by atoms with Gasteiger partial charge in [0, 0.05) is 13.1 Å². The molecule has 0 aromatic heterocycles. The molecule has 1 aromatic rings. The number of benzene rings is 1. The van der Waals surface area contributed by atoms with E-state index in [2.05, 4.69) is 12.2 Å². The smallest absolute Gasteiger partial charge is 0.308 e. The summed E-state index contributed by atoms with van der Waals surface area (Å²) < 4.78 is 10.6. The first-order valence-electron chi connectivity index (χ1n) is 12.5. The lowest BCUT2D eigenvalue weighted by Gasteiger charge is -2.34. The number of piperazine rings is 1. The monoisotopic (exact) mass is 460 g/mol. The van der Waals surface area contributed by atoms with Crippen LogP contribution in [0.5, 0.6) is 5.75 Å². The number of nitrogens with one attached hydrogen (secondary N) is 1. The molecule has 0 aliphatic carbocycles. The van der Waals surface area contributed by atoms with Gasteiger partial charge in [-0.2, -0.15) is 0 Å². The predicted octanol–water partition coefficient (Wildman–Crippen LogP) is 4.49. The Bertz CT molecular complexity index is 752. The minimum Gasteiger partial charge on any atom is -0.496 e. The Kier molecular flexibility index (Phi) is 12.4. The molecule has 1 atom stereocenters. The van der Waals surface area contributed by atoms with Crippen molar-refractivity contribution in [2.24, 2.45) is 0 Å². The van der Waals surface area contributed by atoms with E-state index in [9.17, 15) is 14.4 Å². The Morgan fingerprint density at radius 3 is 2.30 bits per heavy atom. The third kappa shape index (κ3) is 9.06. The summed E-state index contributed by atoms with van der Waals surface area (Å²) in [6.07, 6.45) is 11.9. The number of ether oxygens (including phenoxy) is 2. The minimum absolute atomic E-state index is 0.148. The van der Waals surface area contributed by atoms with E-state index in [-0.39, 0.29) is 18.2 Å². The van der Waals surface area contributed by atoms with Crippen LogP contribution >= 0.6 is 0 Å². The second kappa shape index (κ2) is 15.3. The Balaban J connectivity index is 1.73. The van der Waals surface area contributed by atoms with E-state index in [0.29, 0.717) is 31.0 Å². The van der Waals surface area contributed by atoms with Gasteiger partial charge in [-0.15, -0.1) is 0 Å². The van der Waals surface area contributed by atoms with Crippen molar-refractivity contribution >= 4 is 17.8 Å². The van der Waals surface area contributed by atoms with E-state index < -0.39 is 12.0 Å². The lowest BCUT2D eigenvalue weighted by molar-refractivity contribution is -0.147. The molecule has 1 saturated heterocycles. The molecule has 1 unspecified atom stereocenters. The summed E-state index contributed by atoms with van der Waals surface area (Å²) in [6, 6.07) is 6.01. The summed E-state index contributed by atoms with van der Waals surface area (Å²) in [4.78, 5) is 39.4. The fourth-order valence-corrected chi connectivity index (χ4v) is 4.13. The van der Waals surface area contributed by atoms with Crippen molar-refractivity contribution in [1.29, 1.82) is 0 Å². The molecule has 7 nitrogen and oxygen atoms in total. The quantitative estimate of drug-likeness (QED) is 0.308. The first-order chi connectivity index (χ1) is 16.1. The molecule has 0 bridgehead atoms. The van der Waals surface area contributed by atoms with Gasteiger partial charge in [0.2, 0.25) is 5.91 Å². The van der Waals surface area contributed by atoms with E-state index in [1.54, 1.807) is 24.3 Å². The first kappa shape index (κ1) is 26.7. The van der Waals surface area contributed by atoms with Crippen LogP contribution in [0.3, 0.4) is 0 Å². The number of esters is 1. The normalized spacial score (nSPS) is 15.8. The number of rotatable bonds is 15. The van der Waals surface area contributed by atoms with E-state index in [0.717, 1.165) is 19.3 Å². The lowest BCUT2D eigenvalue weighted by Crippen LogP contribution is -2.57. The van der Waals surface area contributed by atoms with Crippen LogP contribution in [0.25, 0.3) is 0 Å². The molecule has 2 amide bonds. The van der Waals surface area contributed by atoms with Gasteiger partial charge in [0.1, 0.15) is 11.8 Å². The molecule has 0 radical (unpaired) electrons. The summed E-state index contributed by atoms with van der Waals surface area (Å²) in [7, 11) is 1.50. The zero-order chi connectivity index (χ0) is 23.9. The van der Waals surface area contributed by atoms with Gasteiger partial charge in [-0.25, -0.2) is 0 Å². The topological polar surface area (TPSA) is 84.9 Å². The number of amides is 2. The van der Waals surface area contributed by atoms with Gasteiger partial charge < -0.3 is 19.7 Å². The largest absolute Gasteiger partial charge is 0.496 e. The molecule has 184 valence electrons. The van der Waals surface area contributed by atoms with Crippen LogP contribution in [-0.4, -0.2) is 55.5 Å². The molecule has 1 aliphatic heterocycles. The summed E-state index contributed by atoms with van der Waals surface area (Å²) >= 11 is 0. The van der Waals surface area contributed by atoms with Gasteiger partial charge in [0.25, 0.3) is 5.91 Å². The van der Waals surface area contributed by atoms with E-state index in [4.69, 9.17) is 9.47 Å². The van der Waals surface area contributed by atoms with Crippen molar-refractivity contribution in [2.45, 2.75) is 83.6 Å². The fourth-order valence-electron chi connectivity index (χ4n) is 4.13. The Morgan fingerprint density at radius 1 is 1.00 bits per heavy atom. The van der Waals surface area contributed by atoms with Crippen LogP contribution < -0.4 is 10.1 Å². The average molecular weight is 461 g/mol. The fraction of sp³-hybridized carbons (Fsp3) is 0.654. The second-order valence-corrected chi connectivity index (χ2v) is 8.61. The summed E-state index contributed by atoms with van der Waals surface area (Å²) in [6.45, 7) is 3.27. The third-order valence-electron chi connectivity index (χ3n) is 6.05. The standard InChI is InChI=1S/C26H40N2O5/c1-3-4-5-6-7-8-9-10-11-14-19-33-24(29)20-22-25(30)27-17-18-28(22)26(31)21-15-12-13-16-23(21)32-2/h12-13,15-16,22H,3-11,14,17-20H2,1-2H3,(H,27,30). The van der Waals surface area contributed by atoms with Gasteiger partial charge in [-0.05, 0) is 18.6 Å². The molecular formula is C26H40N2O5. The van der Waals surface area contributed by atoms with Crippen LogP contribution in [-0.2, 0) is 14.3 Å². The van der Waals surface area contributed by atoms with Gasteiger partial charge >= 0.3 is 5.97 Å². The van der Waals surface area contributed by atoms with Crippen molar-refractivity contribution in [1.82, 2.24) is 10.2 Å². The van der Waals surface area contributed by atoms with Crippen LogP contribution in [0.4, 0.5) is 0 Å².